The summed E-state index contributed by atoms with van der Waals surface area (Å²) in [6.07, 6.45) is 3.51. The fraction of sp³-hybridized carbons (Fsp3) is 0.143. The van der Waals surface area contributed by atoms with Crippen LogP contribution in [0.15, 0.2) is 64.8 Å². The van der Waals surface area contributed by atoms with E-state index in [1.165, 1.54) is 12.1 Å². The van der Waals surface area contributed by atoms with E-state index in [-0.39, 0.29) is 0 Å². The van der Waals surface area contributed by atoms with E-state index >= 15 is 0 Å². The lowest BCUT2D eigenvalue weighted by atomic mass is 10.1. The first-order valence-corrected chi connectivity index (χ1v) is 9.40. The van der Waals surface area contributed by atoms with Crippen molar-refractivity contribution in [3.8, 4) is 16.9 Å². The van der Waals surface area contributed by atoms with Gasteiger partial charge < -0.3 is 14.5 Å². The highest BCUT2D eigenvalue weighted by molar-refractivity contribution is 7.17. The van der Waals surface area contributed by atoms with Crippen LogP contribution in [0.2, 0.25) is 0 Å². The highest BCUT2D eigenvalue weighted by atomic mass is 32.1. The highest BCUT2D eigenvalue weighted by Crippen LogP contribution is 2.35. The van der Waals surface area contributed by atoms with Crippen LogP contribution in [-0.2, 0) is 6.54 Å². The maximum absolute atomic E-state index is 13.6. The molecule has 3 nitrogen and oxygen atoms in total. The molecule has 0 radical (unpaired) electrons. The average Bonchev–Trinajstić information content (AvgIpc) is 3.27. The summed E-state index contributed by atoms with van der Waals surface area (Å²) >= 11 is 1.65. The van der Waals surface area contributed by atoms with Crippen LogP contribution in [0.25, 0.3) is 21.2 Å². The molecular weight excluding hydrogens is 368 g/mol. The van der Waals surface area contributed by atoms with Crippen LogP contribution in [-0.4, -0.2) is 13.2 Å². The van der Waals surface area contributed by atoms with Gasteiger partial charge in [0.05, 0.1) is 11.0 Å². The van der Waals surface area contributed by atoms with Crippen molar-refractivity contribution in [1.29, 1.82) is 0 Å². The third-order valence-corrected chi connectivity index (χ3v) is 5.17. The van der Waals surface area contributed by atoms with Crippen LogP contribution in [0, 0.1) is 11.6 Å². The Labute approximate surface area is 159 Å². The third kappa shape index (κ3) is 4.02. The minimum atomic E-state index is -0.571. The smallest absolute Gasteiger partial charge is 0.130 e. The standard InChI is InChI=1S/C21H17F2NO2S/c22-16-5-4-15(20(23)9-16)10-24-6-7-26-17-3-1-2-14(8-17)19-13-27-21-12-25-11-18(19)21/h1-5,8-9,11-13,24H,6-7,10H2. The number of furan rings is 1. The van der Waals surface area contributed by atoms with Gasteiger partial charge in [0.1, 0.15) is 30.3 Å². The molecule has 0 spiro atoms. The molecule has 27 heavy (non-hydrogen) atoms. The molecule has 2 aromatic heterocycles. The van der Waals surface area contributed by atoms with Crippen LogP contribution in [0.1, 0.15) is 5.56 Å². The van der Waals surface area contributed by atoms with Crippen molar-refractivity contribution in [2.45, 2.75) is 6.54 Å². The fourth-order valence-electron chi connectivity index (χ4n) is 2.86. The van der Waals surface area contributed by atoms with E-state index in [4.69, 9.17) is 9.15 Å². The zero-order valence-electron chi connectivity index (χ0n) is 14.4. The van der Waals surface area contributed by atoms with Crippen molar-refractivity contribution in [2.24, 2.45) is 0 Å². The number of benzene rings is 2. The Morgan fingerprint density at radius 1 is 1.07 bits per heavy atom. The normalized spacial score (nSPS) is 11.2. The van der Waals surface area contributed by atoms with Crippen molar-refractivity contribution in [3.05, 3.63) is 77.6 Å². The number of hydrogen-bond donors (Lipinski definition) is 1. The second-order valence-electron chi connectivity index (χ2n) is 6.09. The van der Waals surface area contributed by atoms with Crippen LogP contribution in [0.3, 0.4) is 0 Å². The van der Waals surface area contributed by atoms with E-state index in [9.17, 15) is 8.78 Å². The summed E-state index contributed by atoms with van der Waals surface area (Å²) in [5, 5.41) is 6.30. The molecule has 0 saturated heterocycles. The van der Waals surface area contributed by atoms with Gasteiger partial charge in [0.2, 0.25) is 0 Å². The minimum Gasteiger partial charge on any atom is -0.492 e. The van der Waals surface area contributed by atoms with Gasteiger partial charge in [0.25, 0.3) is 0 Å². The Bertz CT molecular complexity index is 1060. The molecule has 0 aliphatic carbocycles. The van der Waals surface area contributed by atoms with Gasteiger partial charge in [-0.3, -0.25) is 0 Å². The number of ether oxygens (including phenoxy) is 1. The summed E-state index contributed by atoms with van der Waals surface area (Å²) in [5.41, 5.74) is 2.63. The van der Waals surface area contributed by atoms with Crippen LogP contribution < -0.4 is 10.1 Å². The first-order chi connectivity index (χ1) is 13.2. The summed E-state index contributed by atoms with van der Waals surface area (Å²) in [6.45, 7) is 1.31. The van der Waals surface area contributed by atoms with E-state index in [1.54, 1.807) is 23.9 Å². The predicted molar refractivity (Wildman–Crippen MR) is 103 cm³/mol. The predicted octanol–water partition coefficient (Wildman–Crippen LogP) is 5.61. The number of thiophene rings is 1. The van der Waals surface area contributed by atoms with Gasteiger partial charge in [0, 0.05) is 41.0 Å². The maximum Gasteiger partial charge on any atom is 0.130 e. The second-order valence-corrected chi connectivity index (χ2v) is 7.00. The van der Waals surface area contributed by atoms with Crippen LogP contribution in [0.4, 0.5) is 8.78 Å². The Morgan fingerprint density at radius 2 is 2.00 bits per heavy atom. The minimum absolute atomic E-state index is 0.322. The Kier molecular flexibility index (Phi) is 5.18. The van der Waals surface area contributed by atoms with Gasteiger partial charge in [-0.15, -0.1) is 11.3 Å². The molecule has 6 heteroatoms. The van der Waals surface area contributed by atoms with Gasteiger partial charge in [-0.1, -0.05) is 18.2 Å². The number of nitrogens with one attached hydrogen (secondary N) is 1. The monoisotopic (exact) mass is 385 g/mol. The van der Waals surface area contributed by atoms with E-state index in [2.05, 4.69) is 10.7 Å². The third-order valence-electron chi connectivity index (χ3n) is 4.24. The number of rotatable bonds is 7. The molecule has 0 aliphatic rings. The summed E-state index contributed by atoms with van der Waals surface area (Å²) < 4.78 is 38.6. The Balaban J connectivity index is 1.32. The SMILES string of the molecule is Fc1ccc(CNCCOc2cccc(-c3csc4cocc34)c2)c(F)c1. The summed E-state index contributed by atoms with van der Waals surface area (Å²) in [4.78, 5) is 0. The van der Waals surface area contributed by atoms with Crippen molar-refractivity contribution < 1.29 is 17.9 Å². The molecular formula is C21H17F2NO2S. The number of fused-ring (bicyclic) bond motifs is 1. The van der Waals surface area contributed by atoms with Crippen molar-refractivity contribution >= 4 is 21.4 Å². The lowest BCUT2D eigenvalue weighted by molar-refractivity contribution is 0.313. The van der Waals surface area contributed by atoms with E-state index in [0.717, 1.165) is 33.0 Å². The maximum atomic E-state index is 13.6. The molecule has 0 aliphatic heterocycles. The summed E-state index contributed by atoms with van der Waals surface area (Å²) in [7, 11) is 0. The number of hydrogen-bond acceptors (Lipinski definition) is 4. The van der Waals surface area contributed by atoms with E-state index < -0.39 is 11.6 Å². The topological polar surface area (TPSA) is 34.4 Å². The second kappa shape index (κ2) is 7.90. The van der Waals surface area contributed by atoms with Gasteiger partial charge >= 0.3 is 0 Å². The van der Waals surface area contributed by atoms with Gasteiger partial charge in [-0.05, 0) is 23.8 Å². The fourth-order valence-corrected chi connectivity index (χ4v) is 3.77. The van der Waals surface area contributed by atoms with E-state index in [0.29, 0.717) is 25.3 Å². The summed E-state index contributed by atoms with van der Waals surface area (Å²) in [6, 6.07) is 11.5. The lowest BCUT2D eigenvalue weighted by Gasteiger charge is -2.09. The molecule has 138 valence electrons. The first-order valence-electron chi connectivity index (χ1n) is 8.52. The molecule has 2 heterocycles. The quantitative estimate of drug-likeness (QED) is 0.420. The molecule has 0 unspecified atom stereocenters. The molecule has 4 aromatic rings. The van der Waals surface area contributed by atoms with Crippen LogP contribution in [0.5, 0.6) is 5.75 Å². The van der Waals surface area contributed by atoms with Crippen LogP contribution >= 0.6 is 11.3 Å². The lowest BCUT2D eigenvalue weighted by Crippen LogP contribution is -2.21. The molecule has 0 amide bonds. The largest absolute Gasteiger partial charge is 0.492 e. The number of halogens is 2. The Morgan fingerprint density at radius 3 is 2.89 bits per heavy atom. The molecule has 1 N–H and O–H groups in total. The molecule has 4 rings (SSSR count). The van der Waals surface area contributed by atoms with Gasteiger partial charge in [-0.25, -0.2) is 8.78 Å². The van der Waals surface area contributed by atoms with Crippen molar-refractivity contribution in [1.82, 2.24) is 5.32 Å². The molecule has 0 fully saturated rings. The summed E-state index contributed by atoms with van der Waals surface area (Å²) in [5.74, 6) is -0.347. The zero-order chi connectivity index (χ0) is 18.6. The van der Waals surface area contributed by atoms with Crippen molar-refractivity contribution in [2.75, 3.05) is 13.2 Å². The molecule has 0 atom stereocenters. The molecule has 2 aromatic carbocycles. The zero-order valence-corrected chi connectivity index (χ0v) is 15.2. The molecule has 0 saturated carbocycles. The van der Waals surface area contributed by atoms with E-state index in [1.807, 2.05) is 24.3 Å². The van der Waals surface area contributed by atoms with Crippen molar-refractivity contribution in [3.63, 3.8) is 0 Å². The molecule has 0 bridgehead atoms. The highest BCUT2D eigenvalue weighted by Gasteiger charge is 2.09. The first kappa shape index (κ1) is 17.7. The van der Waals surface area contributed by atoms with Gasteiger partial charge in [0.15, 0.2) is 0 Å². The Hall–Kier alpha value is -2.70. The average molecular weight is 385 g/mol. The van der Waals surface area contributed by atoms with Gasteiger partial charge in [-0.2, -0.15) is 0 Å².